The Balaban J connectivity index is 2.58. The first kappa shape index (κ1) is 17.5. The molecule has 0 saturated carbocycles. The van der Waals surface area contributed by atoms with Crippen LogP contribution in [0, 0.1) is 0 Å². The first-order valence-electron chi connectivity index (χ1n) is 6.43. The van der Waals surface area contributed by atoms with Gasteiger partial charge in [-0.05, 0) is 30.7 Å². The molecule has 0 aliphatic heterocycles. The van der Waals surface area contributed by atoms with Crippen molar-refractivity contribution in [2.75, 3.05) is 27.0 Å². The maximum Gasteiger partial charge on any atom is 0.161 e. The Hall–Kier alpha value is -0.590. The highest BCUT2D eigenvalue weighted by Gasteiger charge is 2.10. The summed E-state index contributed by atoms with van der Waals surface area (Å²) in [4.78, 5) is 0. The van der Waals surface area contributed by atoms with Crippen molar-refractivity contribution in [1.82, 2.24) is 5.32 Å². The summed E-state index contributed by atoms with van der Waals surface area (Å²) in [7, 11) is 2.49. The zero-order chi connectivity index (χ0) is 15.1. The first-order chi connectivity index (χ1) is 9.49. The molecular formula is C14H22BrNO3S. The molecule has 4 nitrogen and oxygen atoms in total. The summed E-state index contributed by atoms with van der Waals surface area (Å²) < 4.78 is 22.8. The summed E-state index contributed by atoms with van der Waals surface area (Å²) in [5.74, 6) is 1.42. The lowest BCUT2D eigenvalue weighted by molar-refractivity contribution is 0.354. The van der Waals surface area contributed by atoms with Crippen LogP contribution in [0.25, 0.3) is 0 Å². The number of benzene rings is 1. The molecule has 20 heavy (non-hydrogen) atoms. The quantitative estimate of drug-likeness (QED) is 0.721. The first-order valence-corrected chi connectivity index (χ1v) is 8.84. The second-order valence-corrected chi connectivity index (χ2v) is 7.23. The van der Waals surface area contributed by atoms with Crippen molar-refractivity contribution in [3.05, 3.63) is 22.2 Å². The van der Waals surface area contributed by atoms with Gasteiger partial charge in [0.1, 0.15) is 0 Å². The van der Waals surface area contributed by atoms with Crippen LogP contribution in [0.1, 0.15) is 18.9 Å². The Morgan fingerprint density at radius 3 is 2.45 bits per heavy atom. The molecule has 0 aromatic heterocycles. The number of ether oxygens (including phenoxy) is 2. The van der Waals surface area contributed by atoms with Gasteiger partial charge in [-0.15, -0.1) is 0 Å². The number of hydrogen-bond acceptors (Lipinski definition) is 4. The molecule has 6 heteroatoms. The predicted molar refractivity (Wildman–Crippen MR) is 87.1 cm³/mol. The third kappa shape index (κ3) is 5.07. The molecule has 0 aliphatic carbocycles. The van der Waals surface area contributed by atoms with Gasteiger partial charge in [-0.2, -0.15) is 0 Å². The van der Waals surface area contributed by atoms with E-state index in [1.165, 1.54) is 0 Å². The van der Waals surface area contributed by atoms with Crippen LogP contribution in [0.15, 0.2) is 16.6 Å². The molecule has 2 unspecified atom stereocenters. The van der Waals surface area contributed by atoms with Crippen LogP contribution < -0.4 is 14.8 Å². The van der Waals surface area contributed by atoms with Gasteiger partial charge in [0.05, 0.1) is 14.2 Å². The van der Waals surface area contributed by atoms with Gasteiger partial charge < -0.3 is 14.8 Å². The second-order valence-electron chi connectivity index (χ2n) is 4.57. The molecule has 0 aliphatic rings. The van der Waals surface area contributed by atoms with Gasteiger partial charge in [0.2, 0.25) is 0 Å². The fourth-order valence-electron chi connectivity index (χ4n) is 1.73. The largest absolute Gasteiger partial charge is 0.493 e. The lowest BCUT2D eigenvalue weighted by atomic mass is 10.2. The Kier molecular flexibility index (Phi) is 7.55. The summed E-state index contributed by atoms with van der Waals surface area (Å²) in [6.07, 6.45) is 2.64. The normalized spacial score (nSPS) is 13.8. The monoisotopic (exact) mass is 363 g/mol. The van der Waals surface area contributed by atoms with E-state index in [2.05, 4.69) is 21.2 Å². The van der Waals surface area contributed by atoms with Crippen molar-refractivity contribution in [2.45, 2.75) is 25.1 Å². The van der Waals surface area contributed by atoms with Crippen LogP contribution in [-0.2, 0) is 17.3 Å². The van der Waals surface area contributed by atoms with Crippen LogP contribution in [0.4, 0.5) is 0 Å². The average molecular weight is 364 g/mol. The molecule has 1 aromatic rings. The van der Waals surface area contributed by atoms with Gasteiger partial charge in [-0.1, -0.05) is 22.9 Å². The van der Waals surface area contributed by atoms with E-state index in [0.717, 1.165) is 35.3 Å². The molecule has 0 saturated heterocycles. The molecule has 0 bridgehead atoms. The molecule has 0 amide bonds. The minimum Gasteiger partial charge on any atom is -0.493 e. The fraction of sp³-hybridized carbons (Fsp3) is 0.571. The number of rotatable bonds is 8. The molecule has 1 aromatic carbocycles. The molecule has 0 radical (unpaired) electrons. The fourth-order valence-corrected chi connectivity index (χ4v) is 2.64. The zero-order valence-corrected chi connectivity index (χ0v) is 14.8. The van der Waals surface area contributed by atoms with E-state index < -0.39 is 10.8 Å². The number of nitrogens with one attached hydrogen (secondary N) is 1. The van der Waals surface area contributed by atoms with Crippen molar-refractivity contribution in [3.8, 4) is 11.5 Å². The second kappa shape index (κ2) is 8.64. The van der Waals surface area contributed by atoms with Gasteiger partial charge in [0.15, 0.2) is 11.5 Å². The topological polar surface area (TPSA) is 47.6 Å². The average Bonchev–Trinajstić information content (AvgIpc) is 2.43. The Morgan fingerprint density at radius 1 is 1.30 bits per heavy atom. The summed E-state index contributed by atoms with van der Waals surface area (Å²) in [6, 6.07) is 3.86. The molecule has 114 valence electrons. The van der Waals surface area contributed by atoms with E-state index in [9.17, 15) is 4.21 Å². The molecule has 0 heterocycles. The maximum atomic E-state index is 11.3. The maximum absolute atomic E-state index is 11.3. The molecular weight excluding hydrogens is 342 g/mol. The highest BCUT2D eigenvalue weighted by atomic mass is 79.9. The molecule has 1 rings (SSSR count). The lowest BCUT2D eigenvalue weighted by Crippen LogP contribution is -2.21. The van der Waals surface area contributed by atoms with Gasteiger partial charge in [0.25, 0.3) is 0 Å². The smallest absolute Gasteiger partial charge is 0.161 e. The summed E-state index contributed by atoms with van der Waals surface area (Å²) in [6.45, 7) is 3.57. The van der Waals surface area contributed by atoms with E-state index in [4.69, 9.17) is 9.47 Å². The lowest BCUT2D eigenvalue weighted by Gasteiger charge is -2.13. The molecule has 0 fully saturated rings. The van der Waals surface area contributed by atoms with Gasteiger partial charge >= 0.3 is 0 Å². The van der Waals surface area contributed by atoms with E-state index in [1.807, 2.05) is 19.1 Å². The van der Waals surface area contributed by atoms with E-state index in [0.29, 0.717) is 5.75 Å². The van der Waals surface area contributed by atoms with Crippen molar-refractivity contribution in [1.29, 1.82) is 0 Å². The summed E-state index contributed by atoms with van der Waals surface area (Å²) in [5.41, 5.74) is 1.10. The van der Waals surface area contributed by atoms with Crippen molar-refractivity contribution in [2.24, 2.45) is 0 Å². The predicted octanol–water partition coefficient (Wildman–Crippen LogP) is 2.71. The summed E-state index contributed by atoms with van der Waals surface area (Å²) in [5, 5.41) is 3.58. The van der Waals surface area contributed by atoms with Gasteiger partial charge in [-0.25, -0.2) is 0 Å². The van der Waals surface area contributed by atoms with E-state index in [-0.39, 0.29) is 5.25 Å². The molecule has 0 spiro atoms. The Morgan fingerprint density at radius 2 is 1.90 bits per heavy atom. The van der Waals surface area contributed by atoms with Crippen molar-refractivity contribution >= 4 is 26.7 Å². The highest BCUT2D eigenvalue weighted by molar-refractivity contribution is 9.10. The zero-order valence-electron chi connectivity index (χ0n) is 12.4. The van der Waals surface area contributed by atoms with Gasteiger partial charge in [-0.3, -0.25) is 4.21 Å². The van der Waals surface area contributed by atoms with Crippen LogP contribution in [0.2, 0.25) is 0 Å². The van der Waals surface area contributed by atoms with Gasteiger partial charge in [0, 0.05) is 33.3 Å². The van der Waals surface area contributed by atoms with Crippen LogP contribution in [0.3, 0.4) is 0 Å². The number of halogens is 1. The summed E-state index contributed by atoms with van der Waals surface area (Å²) >= 11 is 3.53. The molecule has 1 N–H and O–H groups in total. The Labute approximate surface area is 131 Å². The minimum atomic E-state index is -0.758. The van der Waals surface area contributed by atoms with Crippen LogP contribution in [0.5, 0.6) is 11.5 Å². The minimum absolute atomic E-state index is 0.219. The Bertz CT molecular complexity index is 468. The SMILES string of the molecule is COc1cc(Br)c(CNCCC(C)S(C)=O)cc1OC. The number of hydrogen-bond donors (Lipinski definition) is 1. The van der Waals surface area contributed by atoms with Crippen molar-refractivity contribution < 1.29 is 13.7 Å². The third-order valence-electron chi connectivity index (χ3n) is 3.16. The third-order valence-corrected chi connectivity index (χ3v) is 5.27. The standard InChI is InChI=1S/C14H22BrNO3S/c1-10(20(4)17)5-6-16-9-11-7-13(18-2)14(19-3)8-12(11)15/h7-8,10,16H,5-6,9H2,1-4H3. The number of methoxy groups -OCH3 is 2. The highest BCUT2D eigenvalue weighted by Crippen LogP contribution is 2.33. The van der Waals surface area contributed by atoms with Crippen LogP contribution in [-0.4, -0.2) is 36.5 Å². The van der Waals surface area contributed by atoms with E-state index in [1.54, 1.807) is 20.5 Å². The molecule has 2 atom stereocenters. The van der Waals surface area contributed by atoms with E-state index >= 15 is 0 Å². The van der Waals surface area contributed by atoms with Crippen LogP contribution >= 0.6 is 15.9 Å². The van der Waals surface area contributed by atoms with Crippen molar-refractivity contribution in [3.63, 3.8) is 0 Å².